The predicted molar refractivity (Wildman–Crippen MR) is 129 cm³/mol. The van der Waals surface area contributed by atoms with Crippen LogP contribution in [-0.4, -0.2) is 46.2 Å². The molecule has 2 aromatic carbocycles. The molecule has 2 aliphatic heterocycles. The van der Waals surface area contributed by atoms with Gasteiger partial charge in [-0.05, 0) is 66.3 Å². The molecule has 0 aromatic heterocycles. The minimum Gasteiger partial charge on any atom is -0.399 e. The molecule has 2 saturated heterocycles. The monoisotopic (exact) mass is 434 g/mol. The highest BCUT2D eigenvalue weighted by Crippen LogP contribution is 2.37. The first-order valence-corrected chi connectivity index (χ1v) is 12.0. The Kier molecular flexibility index (Phi) is 5.59. The Morgan fingerprint density at radius 3 is 1.19 bits per heavy atom. The third kappa shape index (κ3) is 4.31. The lowest BCUT2D eigenvalue weighted by Gasteiger charge is -2.32. The van der Waals surface area contributed by atoms with Crippen LogP contribution in [0, 0.1) is 0 Å². The summed E-state index contributed by atoms with van der Waals surface area (Å²) in [4.78, 5) is 0. The molecule has 0 atom stereocenters. The van der Waals surface area contributed by atoms with Gasteiger partial charge in [-0.15, -0.1) is 0 Å². The van der Waals surface area contributed by atoms with Crippen LogP contribution >= 0.6 is 0 Å². The molecule has 0 saturated carbocycles. The predicted octanol–water partition coefficient (Wildman–Crippen LogP) is 1.94. The van der Waals surface area contributed by atoms with E-state index in [2.05, 4.69) is 104 Å². The van der Waals surface area contributed by atoms with Crippen molar-refractivity contribution in [3.63, 3.8) is 0 Å². The molecular weight excluding hydrogens is 402 g/mol. The van der Waals surface area contributed by atoms with Crippen molar-refractivity contribution in [2.24, 2.45) is 0 Å². The van der Waals surface area contributed by atoms with E-state index in [-0.39, 0.29) is 36.6 Å². The maximum atomic E-state index is 6.23. The molecule has 0 N–H and O–H groups in total. The van der Waals surface area contributed by atoms with Crippen molar-refractivity contribution in [3.05, 3.63) is 48.5 Å². The highest BCUT2D eigenvalue weighted by atomic mass is 28.2. The fourth-order valence-corrected chi connectivity index (χ4v) is 4.82. The van der Waals surface area contributed by atoms with Crippen LogP contribution in [0.15, 0.2) is 48.5 Å². The van der Waals surface area contributed by atoms with Gasteiger partial charge in [-0.25, -0.2) is 0 Å². The fraction of sp³-hybridized carbons (Fsp3) is 0.500. The Hall–Kier alpha value is -1.37. The lowest BCUT2D eigenvalue weighted by atomic mass is 9.79. The van der Waals surface area contributed by atoms with Crippen molar-refractivity contribution in [1.82, 2.24) is 0 Å². The Labute approximate surface area is 190 Å². The summed E-state index contributed by atoms with van der Waals surface area (Å²) in [6.07, 6.45) is 0. The van der Waals surface area contributed by atoms with Crippen molar-refractivity contribution >= 4 is 45.1 Å². The van der Waals surface area contributed by atoms with Gasteiger partial charge in [0.15, 0.2) is 0 Å². The quantitative estimate of drug-likeness (QED) is 0.690. The highest BCUT2D eigenvalue weighted by molar-refractivity contribution is 6.70. The maximum Gasteiger partial charge on any atom is 0.494 e. The van der Waals surface area contributed by atoms with Crippen LogP contribution in [0.1, 0.15) is 55.4 Å². The summed E-state index contributed by atoms with van der Waals surface area (Å²) in [7, 11) is -0.160. The molecular formula is C24H32B2O4Si. The molecule has 2 aliphatic rings. The van der Waals surface area contributed by atoms with E-state index in [0.717, 1.165) is 10.9 Å². The molecule has 0 unspecified atom stereocenters. The van der Waals surface area contributed by atoms with E-state index in [9.17, 15) is 0 Å². The van der Waals surface area contributed by atoms with Crippen molar-refractivity contribution < 1.29 is 18.6 Å². The van der Waals surface area contributed by atoms with E-state index in [0.29, 0.717) is 9.52 Å². The molecule has 2 fully saturated rings. The second-order valence-electron chi connectivity index (χ2n) is 10.6. The normalized spacial score (nSPS) is 23.4. The summed E-state index contributed by atoms with van der Waals surface area (Å²) in [5.41, 5.74) is 0.761. The molecule has 31 heavy (non-hydrogen) atoms. The molecule has 0 bridgehead atoms. The van der Waals surface area contributed by atoms with Crippen LogP contribution in [-0.2, 0) is 18.6 Å². The van der Waals surface area contributed by atoms with Gasteiger partial charge in [0.2, 0.25) is 0 Å². The zero-order chi connectivity index (χ0) is 22.7. The standard InChI is InChI=1S/C24H32B2O4Si/c1-21(2)22(3,4)28-25(27-21)17-11-9-13-19(15-17)31-20-14-10-12-18(16-20)26-29-23(5,6)24(7,8)30-26/h9-16H,1-8H3. The van der Waals surface area contributed by atoms with Crippen LogP contribution in [0.2, 0.25) is 0 Å². The number of hydrogen-bond acceptors (Lipinski definition) is 4. The summed E-state index contributed by atoms with van der Waals surface area (Å²) < 4.78 is 24.9. The smallest absolute Gasteiger partial charge is 0.399 e. The summed E-state index contributed by atoms with van der Waals surface area (Å²) in [5, 5.41) is 2.50. The minimum atomic E-state index is -0.342. The molecule has 7 heteroatoms. The zero-order valence-electron chi connectivity index (χ0n) is 19.9. The van der Waals surface area contributed by atoms with Gasteiger partial charge in [-0.3, -0.25) is 0 Å². The lowest BCUT2D eigenvalue weighted by molar-refractivity contribution is 0.00578. The average Bonchev–Trinajstić information content (AvgIpc) is 3.02. The number of benzene rings is 2. The second kappa shape index (κ2) is 7.60. The molecule has 0 aliphatic carbocycles. The van der Waals surface area contributed by atoms with Gasteiger partial charge in [0.1, 0.15) is 9.52 Å². The van der Waals surface area contributed by atoms with Gasteiger partial charge in [-0.1, -0.05) is 58.9 Å². The Morgan fingerprint density at radius 2 is 0.871 bits per heavy atom. The zero-order valence-corrected chi connectivity index (χ0v) is 20.9. The second-order valence-corrected chi connectivity index (χ2v) is 12.0. The lowest BCUT2D eigenvalue weighted by Crippen LogP contribution is -2.41. The number of hydrogen-bond donors (Lipinski definition) is 0. The van der Waals surface area contributed by atoms with E-state index in [1.807, 2.05) is 0 Å². The summed E-state index contributed by atoms with van der Waals surface area (Å²) in [6, 6.07) is 17.0. The van der Waals surface area contributed by atoms with Gasteiger partial charge in [0.25, 0.3) is 0 Å². The van der Waals surface area contributed by atoms with Crippen LogP contribution in [0.5, 0.6) is 0 Å². The van der Waals surface area contributed by atoms with Crippen molar-refractivity contribution in [2.45, 2.75) is 77.8 Å². The summed E-state index contributed by atoms with van der Waals surface area (Å²) >= 11 is 0. The topological polar surface area (TPSA) is 36.9 Å². The van der Waals surface area contributed by atoms with Gasteiger partial charge in [-0.2, -0.15) is 0 Å². The molecule has 2 radical (unpaired) electrons. The third-order valence-corrected chi connectivity index (χ3v) is 8.31. The minimum absolute atomic E-state index is 0.340. The van der Waals surface area contributed by atoms with Crippen LogP contribution in [0.25, 0.3) is 0 Å². The van der Waals surface area contributed by atoms with Crippen LogP contribution < -0.4 is 21.3 Å². The molecule has 2 aromatic rings. The Bertz CT molecular complexity index is 864. The Balaban J connectivity index is 1.51. The van der Waals surface area contributed by atoms with Crippen molar-refractivity contribution in [1.29, 1.82) is 0 Å². The van der Waals surface area contributed by atoms with E-state index in [1.54, 1.807) is 0 Å². The van der Waals surface area contributed by atoms with Crippen molar-refractivity contribution in [2.75, 3.05) is 0 Å². The van der Waals surface area contributed by atoms with E-state index >= 15 is 0 Å². The molecule has 4 nitrogen and oxygen atoms in total. The molecule has 4 rings (SSSR count). The van der Waals surface area contributed by atoms with E-state index < -0.39 is 0 Å². The van der Waals surface area contributed by atoms with Crippen LogP contribution in [0.4, 0.5) is 0 Å². The van der Waals surface area contributed by atoms with Gasteiger partial charge in [0.05, 0.1) is 22.4 Å². The molecule has 0 spiro atoms. The molecule has 162 valence electrons. The van der Waals surface area contributed by atoms with Gasteiger partial charge in [0, 0.05) is 0 Å². The summed E-state index contributed by atoms with van der Waals surface area (Å²) in [5.74, 6) is 0. The average molecular weight is 434 g/mol. The third-order valence-electron chi connectivity index (χ3n) is 7.11. The molecule has 0 amide bonds. The van der Waals surface area contributed by atoms with Crippen LogP contribution in [0.3, 0.4) is 0 Å². The maximum absolute atomic E-state index is 6.23. The largest absolute Gasteiger partial charge is 0.494 e. The SMILES string of the molecule is CC1(C)OB(c2cccc([Si]c3cccc(B4OC(C)(C)C(C)(C)O4)c3)c2)OC1(C)C. The Morgan fingerprint density at radius 1 is 0.548 bits per heavy atom. The highest BCUT2D eigenvalue weighted by Gasteiger charge is 2.52. The fourth-order valence-electron chi connectivity index (χ4n) is 3.65. The van der Waals surface area contributed by atoms with E-state index in [1.165, 1.54) is 10.4 Å². The first kappa shape index (κ1) is 22.8. The first-order valence-electron chi connectivity index (χ1n) is 11.0. The summed E-state index contributed by atoms with van der Waals surface area (Å²) in [6.45, 7) is 16.7. The van der Waals surface area contributed by atoms with Gasteiger partial charge < -0.3 is 18.6 Å². The number of rotatable bonds is 4. The van der Waals surface area contributed by atoms with Gasteiger partial charge >= 0.3 is 14.2 Å². The first-order chi connectivity index (χ1) is 14.3. The van der Waals surface area contributed by atoms with E-state index in [4.69, 9.17) is 18.6 Å². The van der Waals surface area contributed by atoms with Crippen molar-refractivity contribution in [3.8, 4) is 0 Å². The molecule has 2 heterocycles.